The molecule has 4 heteroatoms. The van der Waals surface area contributed by atoms with Gasteiger partial charge < -0.3 is 10.0 Å². The second-order valence-electron chi connectivity index (χ2n) is 2.10. The van der Waals surface area contributed by atoms with Gasteiger partial charge in [0.05, 0.1) is 0 Å². The van der Waals surface area contributed by atoms with Crippen LogP contribution in [0.2, 0.25) is 0 Å². The van der Waals surface area contributed by atoms with Gasteiger partial charge in [-0.15, -0.1) is 11.3 Å². The summed E-state index contributed by atoms with van der Waals surface area (Å²) in [7, 11) is -0.750. The van der Waals surface area contributed by atoms with Crippen molar-refractivity contribution in [2.75, 3.05) is 0 Å². The Morgan fingerprint density at radius 3 is 2.42 bits per heavy atom. The van der Waals surface area contributed by atoms with Gasteiger partial charge in [0.1, 0.15) is 0 Å². The molecule has 1 aliphatic heterocycles. The van der Waals surface area contributed by atoms with Gasteiger partial charge in [-0.1, -0.05) is 24.3 Å². The summed E-state index contributed by atoms with van der Waals surface area (Å²) in [5.41, 5.74) is 1.35. The number of hydrogen-bond acceptors (Lipinski definition) is 3. The van der Waals surface area contributed by atoms with Gasteiger partial charge in [0.25, 0.3) is 0 Å². The van der Waals surface area contributed by atoms with Crippen molar-refractivity contribution in [1.29, 1.82) is 0 Å². The van der Waals surface area contributed by atoms with Gasteiger partial charge in [0.2, 0.25) is 0 Å². The predicted molar refractivity (Wildman–Crippen MR) is 52.5 cm³/mol. The molecule has 0 aromatic rings. The largest absolute Gasteiger partial charge is 0.432 e. The Hall–Kier alpha value is -0.835. The lowest BCUT2D eigenvalue weighted by Crippen LogP contribution is -1.75. The van der Waals surface area contributed by atoms with E-state index in [2.05, 4.69) is 35.7 Å². The second kappa shape index (κ2) is 4.93. The standard InChI is InChI=1S/C8H6S.BH3O2/c1-3-7-4-2-6-9-8(7)5-1;2-1-3/h1-6H;1-3H. The third-order valence-electron chi connectivity index (χ3n) is 1.36. The first-order chi connectivity index (χ1) is 5.88. The molecule has 2 nitrogen and oxygen atoms in total. The zero-order chi connectivity index (χ0) is 8.81. The molecule has 62 valence electrons. The number of hydrogen-bond donors (Lipinski definition) is 2. The van der Waals surface area contributed by atoms with Gasteiger partial charge in [-0.2, -0.15) is 0 Å². The zero-order valence-electron chi connectivity index (χ0n) is 6.47. The SMILES string of the molecule is OBO.c1csc2cccc-2c1. The molecule has 2 N–H and O–H groups in total. The van der Waals surface area contributed by atoms with E-state index in [9.17, 15) is 0 Å². The Morgan fingerprint density at radius 2 is 1.75 bits per heavy atom. The van der Waals surface area contributed by atoms with Crippen molar-refractivity contribution in [3.05, 3.63) is 35.7 Å². The van der Waals surface area contributed by atoms with E-state index in [-0.39, 0.29) is 0 Å². The molecule has 1 aliphatic carbocycles. The van der Waals surface area contributed by atoms with Crippen LogP contribution in [0.5, 0.6) is 0 Å². The van der Waals surface area contributed by atoms with Crippen molar-refractivity contribution in [1.82, 2.24) is 0 Å². The lowest BCUT2D eigenvalue weighted by Gasteiger charge is -1.91. The topological polar surface area (TPSA) is 40.5 Å². The highest BCUT2D eigenvalue weighted by atomic mass is 32.1. The van der Waals surface area contributed by atoms with E-state index in [0.29, 0.717) is 0 Å². The lowest BCUT2D eigenvalue weighted by molar-refractivity contribution is 0.448. The van der Waals surface area contributed by atoms with Gasteiger partial charge in [0.15, 0.2) is 0 Å². The van der Waals surface area contributed by atoms with Crippen molar-refractivity contribution >= 4 is 19.0 Å². The summed E-state index contributed by atoms with van der Waals surface area (Å²) >= 11 is 1.78. The molecule has 0 aromatic heterocycles. The van der Waals surface area contributed by atoms with Gasteiger partial charge in [-0.3, -0.25) is 0 Å². The molecule has 0 atom stereocenters. The Bertz CT molecular complexity index is 270. The van der Waals surface area contributed by atoms with Crippen LogP contribution in [0.25, 0.3) is 10.4 Å². The fraction of sp³-hybridized carbons (Fsp3) is 0. The quantitative estimate of drug-likeness (QED) is 0.595. The van der Waals surface area contributed by atoms with E-state index in [1.54, 1.807) is 11.3 Å². The van der Waals surface area contributed by atoms with Gasteiger partial charge >= 0.3 is 7.69 Å². The first-order valence-corrected chi connectivity index (χ1v) is 4.40. The monoisotopic (exact) mass is 180 g/mol. The highest BCUT2D eigenvalue weighted by Crippen LogP contribution is 2.25. The Labute approximate surface area is 75.8 Å². The molecule has 0 aromatic carbocycles. The van der Waals surface area contributed by atoms with E-state index in [4.69, 9.17) is 10.0 Å². The van der Waals surface area contributed by atoms with Crippen molar-refractivity contribution in [3.63, 3.8) is 0 Å². The van der Waals surface area contributed by atoms with Crippen LogP contribution in [0.1, 0.15) is 0 Å². The second-order valence-corrected chi connectivity index (χ2v) is 3.05. The molecule has 2 aliphatic rings. The number of fused-ring (bicyclic) bond motifs is 1. The first-order valence-electron chi connectivity index (χ1n) is 3.52. The molecular formula is C8H9BO2S. The summed E-state index contributed by atoms with van der Waals surface area (Å²) < 4.78 is 0. The van der Waals surface area contributed by atoms with E-state index >= 15 is 0 Å². The molecule has 0 saturated heterocycles. The minimum Gasteiger partial charge on any atom is -0.430 e. The zero-order valence-corrected chi connectivity index (χ0v) is 7.29. The van der Waals surface area contributed by atoms with Crippen molar-refractivity contribution in [3.8, 4) is 10.4 Å². The van der Waals surface area contributed by atoms with Crippen LogP contribution in [0, 0.1) is 0 Å². The molecule has 1 heterocycles. The average Bonchev–Trinajstić information content (AvgIpc) is 2.52. The van der Waals surface area contributed by atoms with Gasteiger partial charge in [-0.25, -0.2) is 0 Å². The molecule has 0 spiro atoms. The van der Waals surface area contributed by atoms with Gasteiger partial charge in [0, 0.05) is 4.88 Å². The molecular weight excluding hydrogens is 171 g/mol. The molecule has 0 saturated carbocycles. The van der Waals surface area contributed by atoms with Crippen LogP contribution in [0.3, 0.4) is 0 Å². The van der Waals surface area contributed by atoms with Crippen LogP contribution in [-0.4, -0.2) is 17.7 Å². The van der Waals surface area contributed by atoms with Crippen LogP contribution < -0.4 is 0 Å². The fourth-order valence-corrected chi connectivity index (χ4v) is 1.65. The Morgan fingerprint density at radius 1 is 1.08 bits per heavy atom. The summed E-state index contributed by atoms with van der Waals surface area (Å²) in [5, 5.41) is 16.3. The highest BCUT2D eigenvalue weighted by molar-refractivity contribution is 7.13. The molecule has 0 fully saturated rings. The molecule has 2 rings (SSSR count). The molecule has 0 bridgehead atoms. The fourth-order valence-electron chi connectivity index (χ4n) is 0.918. The summed E-state index contributed by atoms with van der Waals surface area (Å²) in [6.07, 6.45) is 0. The van der Waals surface area contributed by atoms with Crippen molar-refractivity contribution in [2.45, 2.75) is 0 Å². The number of rotatable bonds is 0. The first kappa shape index (κ1) is 9.25. The maximum absolute atomic E-state index is 7.12. The maximum Gasteiger partial charge on any atom is 0.432 e. The Balaban J connectivity index is 0.000000213. The smallest absolute Gasteiger partial charge is 0.430 e. The average molecular weight is 180 g/mol. The van der Waals surface area contributed by atoms with Crippen LogP contribution >= 0.6 is 11.3 Å². The van der Waals surface area contributed by atoms with Crippen molar-refractivity contribution in [2.24, 2.45) is 0 Å². The summed E-state index contributed by atoms with van der Waals surface area (Å²) in [4.78, 5) is 1.37. The third kappa shape index (κ3) is 2.34. The van der Waals surface area contributed by atoms with E-state index in [0.717, 1.165) is 0 Å². The van der Waals surface area contributed by atoms with E-state index in [1.807, 2.05) is 0 Å². The third-order valence-corrected chi connectivity index (χ3v) is 2.28. The summed E-state index contributed by atoms with van der Waals surface area (Å²) in [6, 6.07) is 10.6. The van der Waals surface area contributed by atoms with Crippen LogP contribution in [0.15, 0.2) is 35.7 Å². The minimum absolute atomic E-state index is 0.750. The minimum atomic E-state index is -0.750. The molecule has 0 radical (unpaired) electrons. The van der Waals surface area contributed by atoms with Crippen molar-refractivity contribution < 1.29 is 10.0 Å². The lowest BCUT2D eigenvalue weighted by atomic mass is 10.3. The molecule has 0 unspecified atom stereocenters. The van der Waals surface area contributed by atoms with E-state index in [1.165, 1.54) is 10.4 Å². The van der Waals surface area contributed by atoms with Crippen LogP contribution in [-0.2, 0) is 0 Å². The molecule has 0 amide bonds. The Kier molecular flexibility index (Phi) is 3.80. The van der Waals surface area contributed by atoms with Crippen LogP contribution in [0.4, 0.5) is 0 Å². The maximum atomic E-state index is 7.12. The normalized spacial score (nSPS) is 8.83. The van der Waals surface area contributed by atoms with E-state index < -0.39 is 7.69 Å². The molecule has 12 heavy (non-hydrogen) atoms. The summed E-state index contributed by atoms with van der Waals surface area (Å²) in [6.45, 7) is 0. The van der Waals surface area contributed by atoms with Gasteiger partial charge in [-0.05, 0) is 17.0 Å². The predicted octanol–water partition coefficient (Wildman–Crippen LogP) is 1.09. The highest BCUT2D eigenvalue weighted by Gasteiger charge is 1.96. The summed E-state index contributed by atoms with van der Waals surface area (Å²) in [5.74, 6) is 0.